The molecule has 1 aromatic heterocycles. The van der Waals surface area contributed by atoms with Crippen molar-refractivity contribution in [2.75, 3.05) is 0 Å². The highest BCUT2D eigenvalue weighted by Crippen LogP contribution is 2.26. The molecule has 23 heavy (non-hydrogen) atoms. The number of carboxylic acids is 1. The minimum absolute atomic E-state index is 0.0286. The number of hydrogen-bond donors (Lipinski definition) is 2. The third kappa shape index (κ3) is 4.65. The molecule has 0 amide bonds. The molecule has 0 bridgehead atoms. The van der Waals surface area contributed by atoms with Crippen LogP contribution in [-0.4, -0.2) is 31.2 Å². The van der Waals surface area contributed by atoms with Crippen LogP contribution in [0.3, 0.4) is 0 Å². The molecule has 120 valence electrons. The Balaban J connectivity index is 2.19. The number of H-pyrrole nitrogens is 1. The topological polar surface area (TPSA) is 122 Å². The van der Waals surface area contributed by atoms with E-state index in [-0.39, 0.29) is 10.6 Å². The Bertz CT molecular complexity index is 739. The van der Waals surface area contributed by atoms with Gasteiger partial charge in [0.25, 0.3) is 5.69 Å². The van der Waals surface area contributed by atoms with Gasteiger partial charge in [0.15, 0.2) is 0 Å². The Morgan fingerprint density at radius 2 is 2.13 bits per heavy atom. The maximum absolute atomic E-state index is 11.4. The van der Waals surface area contributed by atoms with Crippen LogP contribution in [0.5, 0.6) is 0 Å². The van der Waals surface area contributed by atoms with Crippen LogP contribution in [0.25, 0.3) is 6.08 Å². The standard InChI is InChI=1S/C14H14N4O4S/c1-2-3-12-15-14(17-16-12)23-11(13(19)20)8-9-4-6-10(7-5-9)18(21)22/h4-8H,2-3H2,1H3,(H,19,20)(H,15,16,17)/b11-8-. The van der Waals surface area contributed by atoms with Crippen LogP contribution in [0, 0.1) is 10.1 Å². The first kappa shape index (κ1) is 16.7. The third-order valence-electron chi connectivity index (χ3n) is 2.81. The van der Waals surface area contributed by atoms with Crippen LogP contribution in [0.2, 0.25) is 0 Å². The number of thioether (sulfide) groups is 1. The number of nitrogens with one attached hydrogen (secondary N) is 1. The summed E-state index contributed by atoms with van der Waals surface area (Å²) in [6.45, 7) is 2.01. The zero-order chi connectivity index (χ0) is 16.8. The zero-order valence-electron chi connectivity index (χ0n) is 12.2. The van der Waals surface area contributed by atoms with Gasteiger partial charge in [-0.25, -0.2) is 9.78 Å². The fraction of sp³-hybridized carbons (Fsp3) is 0.214. The van der Waals surface area contributed by atoms with Crippen molar-refractivity contribution in [3.8, 4) is 0 Å². The minimum Gasteiger partial charge on any atom is -0.477 e. The van der Waals surface area contributed by atoms with E-state index in [1.807, 2.05) is 6.92 Å². The van der Waals surface area contributed by atoms with E-state index in [2.05, 4.69) is 15.2 Å². The number of carboxylic acid groups (broad SMARTS) is 1. The first-order valence-electron chi connectivity index (χ1n) is 6.78. The normalized spacial score (nSPS) is 11.4. The van der Waals surface area contributed by atoms with Gasteiger partial charge in [-0.1, -0.05) is 6.92 Å². The van der Waals surface area contributed by atoms with Crippen LogP contribution in [0.1, 0.15) is 24.7 Å². The van der Waals surface area contributed by atoms with Crippen molar-refractivity contribution in [1.29, 1.82) is 0 Å². The summed E-state index contributed by atoms with van der Waals surface area (Å²) in [5.74, 6) is -0.412. The van der Waals surface area contributed by atoms with Gasteiger partial charge in [0.05, 0.1) is 4.92 Å². The number of aryl methyl sites for hydroxylation is 1. The lowest BCUT2D eigenvalue weighted by molar-refractivity contribution is -0.384. The second-order valence-electron chi connectivity index (χ2n) is 4.58. The van der Waals surface area contributed by atoms with Crippen molar-refractivity contribution in [3.05, 3.63) is 50.7 Å². The minimum atomic E-state index is -1.12. The van der Waals surface area contributed by atoms with Crippen molar-refractivity contribution in [3.63, 3.8) is 0 Å². The summed E-state index contributed by atoms with van der Waals surface area (Å²) in [4.78, 5) is 25.7. The number of rotatable bonds is 7. The lowest BCUT2D eigenvalue weighted by Gasteiger charge is -1.99. The molecule has 0 atom stereocenters. The molecule has 0 aliphatic carbocycles. The summed E-state index contributed by atoms with van der Waals surface area (Å²) < 4.78 is 0. The Kier molecular flexibility index (Phi) is 5.47. The number of nitro groups is 1. The number of hydrogen-bond acceptors (Lipinski definition) is 6. The van der Waals surface area contributed by atoms with Crippen LogP contribution >= 0.6 is 11.8 Å². The molecule has 0 spiro atoms. The summed E-state index contributed by atoms with van der Waals surface area (Å²) in [5.41, 5.74) is 0.495. The maximum atomic E-state index is 11.4. The Hall–Kier alpha value is -2.68. The average molecular weight is 334 g/mol. The first-order valence-corrected chi connectivity index (χ1v) is 7.60. The predicted octanol–water partition coefficient (Wildman–Crippen LogP) is 2.88. The van der Waals surface area contributed by atoms with E-state index >= 15 is 0 Å². The van der Waals surface area contributed by atoms with Gasteiger partial charge < -0.3 is 5.11 Å². The quantitative estimate of drug-likeness (QED) is 0.345. The monoisotopic (exact) mass is 334 g/mol. The Morgan fingerprint density at radius 1 is 1.43 bits per heavy atom. The third-order valence-corrected chi connectivity index (χ3v) is 3.69. The summed E-state index contributed by atoms with van der Waals surface area (Å²) in [6, 6.07) is 5.62. The van der Waals surface area contributed by atoms with Crippen molar-refractivity contribution >= 4 is 29.5 Å². The largest absolute Gasteiger partial charge is 0.477 e. The molecule has 2 rings (SSSR count). The van der Waals surface area contributed by atoms with Crippen molar-refractivity contribution in [2.45, 2.75) is 24.9 Å². The molecule has 0 aliphatic rings. The average Bonchev–Trinajstić information content (AvgIpc) is 2.95. The molecule has 1 heterocycles. The molecular weight excluding hydrogens is 320 g/mol. The predicted molar refractivity (Wildman–Crippen MR) is 84.9 cm³/mol. The van der Waals surface area contributed by atoms with Crippen molar-refractivity contribution in [2.24, 2.45) is 0 Å². The van der Waals surface area contributed by atoms with Gasteiger partial charge in [-0.15, -0.1) is 5.10 Å². The van der Waals surface area contributed by atoms with Crippen molar-refractivity contribution < 1.29 is 14.8 Å². The second-order valence-corrected chi connectivity index (χ2v) is 5.59. The maximum Gasteiger partial charge on any atom is 0.342 e. The van der Waals surface area contributed by atoms with E-state index in [4.69, 9.17) is 0 Å². The molecular formula is C14H14N4O4S. The number of carbonyl (C=O) groups is 1. The van der Waals surface area contributed by atoms with Crippen LogP contribution < -0.4 is 0 Å². The molecule has 8 nitrogen and oxygen atoms in total. The molecule has 0 radical (unpaired) electrons. The van der Waals surface area contributed by atoms with E-state index in [0.717, 1.165) is 24.6 Å². The highest BCUT2D eigenvalue weighted by molar-refractivity contribution is 8.04. The molecule has 0 saturated heterocycles. The summed E-state index contributed by atoms with van der Waals surface area (Å²) in [5, 5.41) is 26.9. The van der Waals surface area contributed by atoms with Gasteiger partial charge in [0, 0.05) is 18.6 Å². The number of aromatic nitrogens is 3. The van der Waals surface area contributed by atoms with E-state index < -0.39 is 10.9 Å². The fourth-order valence-electron chi connectivity index (χ4n) is 1.75. The molecule has 0 saturated carbocycles. The zero-order valence-corrected chi connectivity index (χ0v) is 13.0. The smallest absolute Gasteiger partial charge is 0.342 e. The van der Waals surface area contributed by atoms with E-state index in [0.29, 0.717) is 16.5 Å². The van der Waals surface area contributed by atoms with Gasteiger partial charge in [0.1, 0.15) is 10.7 Å². The SMILES string of the molecule is CCCc1nc(S/C(=C\c2ccc([N+](=O)[O-])cc2)C(=O)O)n[nH]1. The molecule has 2 N–H and O–H groups in total. The molecule has 0 unspecified atom stereocenters. The van der Waals surface area contributed by atoms with E-state index in [1.165, 1.54) is 30.3 Å². The van der Waals surface area contributed by atoms with Crippen LogP contribution in [-0.2, 0) is 11.2 Å². The lowest BCUT2D eigenvalue weighted by atomic mass is 10.2. The van der Waals surface area contributed by atoms with Crippen molar-refractivity contribution in [1.82, 2.24) is 15.2 Å². The van der Waals surface area contributed by atoms with Gasteiger partial charge >= 0.3 is 5.97 Å². The molecule has 9 heteroatoms. The summed E-state index contributed by atoms with van der Waals surface area (Å²) in [6.07, 6.45) is 3.07. The Morgan fingerprint density at radius 3 is 2.70 bits per heavy atom. The van der Waals surface area contributed by atoms with E-state index in [1.54, 1.807) is 0 Å². The highest BCUT2D eigenvalue weighted by Gasteiger charge is 2.14. The summed E-state index contributed by atoms with van der Waals surface area (Å²) in [7, 11) is 0. The number of non-ortho nitro benzene ring substituents is 1. The number of nitrogens with zero attached hydrogens (tertiary/aromatic N) is 3. The second kappa shape index (κ2) is 7.54. The van der Waals surface area contributed by atoms with Gasteiger partial charge in [-0.2, -0.15) is 0 Å². The first-order chi connectivity index (χ1) is 11.0. The number of aliphatic carboxylic acids is 1. The number of aromatic amines is 1. The van der Waals surface area contributed by atoms with Gasteiger partial charge in [-0.3, -0.25) is 15.2 Å². The lowest BCUT2D eigenvalue weighted by Crippen LogP contribution is -1.97. The summed E-state index contributed by atoms with van der Waals surface area (Å²) >= 11 is 0.923. The molecule has 0 fully saturated rings. The fourth-order valence-corrected chi connectivity index (χ4v) is 2.48. The Labute approximate surface area is 135 Å². The molecule has 1 aromatic carbocycles. The molecule has 0 aliphatic heterocycles. The van der Waals surface area contributed by atoms with E-state index in [9.17, 15) is 20.0 Å². The molecule has 2 aromatic rings. The highest BCUT2D eigenvalue weighted by atomic mass is 32.2. The van der Waals surface area contributed by atoms with Crippen LogP contribution in [0.15, 0.2) is 34.3 Å². The van der Waals surface area contributed by atoms with Gasteiger partial charge in [0.2, 0.25) is 5.16 Å². The number of nitro benzene ring substituents is 1. The van der Waals surface area contributed by atoms with Gasteiger partial charge in [-0.05, 0) is 42.0 Å². The van der Waals surface area contributed by atoms with Crippen LogP contribution in [0.4, 0.5) is 5.69 Å². The number of benzene rings is 1.